The third kappa shape index (κ3) is 3.43. The van der Waals surface area contributed by atoms with E-state index in [1.807, 2.05) is 0 Å². The Hall–Kier alpha value is -1.75. The second-order valence-corrected chi connectivity index (χ2v) is 3.79. The van der Waals surface area contributed by atoms with Gasteiger partial charge in [0.15, 0.2) is 0 Å². The van der Waals surface area contributed by atoms with Crippen LogP contribution in [0.15, 0.2) is 0 Å². The first-order valence-corrected chi connectivity index (χ1v) is 5.49. The van der Waals surface area contributed by atoms with Crippen molar-refractivity contribution in [2.45, 2.75) is 0 Å². The topological polar surface area (TPSA) is 102 Å². The zero-order chi connectivity index (χ0) is 12.0. The normalized spacial score (nSPS) is 14.8. The van der Waals surface area contributed by atoms with Crippen LogP contribution in [0.1, 0.15) is 0 Å². The van der Waals surface area contributed by atoms with Gasteiger partial charge in [-0.2, -0.15) is 5.26 Å². The first-order chi connectivity index (χ1) is 7.65. The summed E-state index contributed by atoms with van der Waals surface area (Å²) < 4.78 is 0. The number of imide groups is 1. The molecular formula is C8H10N4O3S. The lowest BCUT2D eigenvalue weighted by Gasteiger charge is -2.12. The van der Waals surface area contributed by atoms with Gasteiger partial charge in [-0.3, -0.25) is 14.5 Å². The molecule has 1 saturated heterocycles. The summed E-state index contributed by atoms with van der Waals surface area (Å²) in [6.07, 6.45) is 0. The van der Waals surface area contributed by atoms with Gasteiger partial charge >= 0.3 is 6.03 Å². The molecule has 0 bridgehead atoms. The van der Waals surface area contributed by atoms with Crippen LogP contribution >= 0.6 is 11.8 Å². The summed E-state index contributed by atoms with van der Waals surface area (Å²) in [5.74, 6) is -0.0753. The number of rotatable bonds is 4. The molecule has 2 N–H and O–H groups in total. The number of nitrogens with zero attached hydrogens (tertiary/aromatic N) is 2. The number of nitrogens with one attached hydrogen (secondary N) is 2. The van der Waals surface area contributed by atoms with Crippen molar-refractivity contribution in [2.75, 3.05) is 25.4 Å². The minimum absolute atomic E-state index is 0.0801. The van der Waals surface area contributed by atoms with E-state index in [-0.39, 0.29) is 36.5 Å². The van der Waals surface area contributed by atoms with Crippen LogP contribution in [0.3, 0.4) is 0 Å². The predicted molar refractivity (Wildman–Crippen MR) is 56.6 cm³/mol. The molecule has 16 heavy (non-hydrogen) atoms. The first kappa shape index (κ1) is 12.3. The molecule has 1 aliphatic rings. The number of thioether (sulfide) groups is 1. The number of nitriles is 1. The average molecular weight is 242 g/mol. The summed E-state index contributed by atoms with van der Waals surface area (Å²) in [6, 6.07) is 1.26. The Morgan fingerprint density at radius 1 is 1.50 bits per heavy atom. The van der Waals surface area contributed by atoms with Crippen molar-refractivity contribution in [1.29, 1.82) is 5.26 Å². The number of carbonyl (C=O) groups excluding carboxylic acids is 3. The number of amides is 4. The molecular weight excluding hydrogens is 232 g/mol. The number of carbonyl (C=O) groups is 3. The van der Waals surface area contributed by atoms with Crippen LogP contribution in [0.25, 0.3) is 0 Å². The van der Waals surface area contributed by atoms with Crippen LogP contribution in [0, 0.1) is 11.3 Å². The van der Waals surface area contributed by atoms with Crippen molar-refractivity contribution in [2.24, 2.45) is 0 Å². The van der Waals surface area contributed by atoms with Crippen molar-refractivity contribution in [3.8, 4) is 6.07 Å². The van der Waals surface area contributed by atoms with Gasteiger partial charge in [0, 0.05) is 13.1 Å². The third-order valence-corrected chi connectivity index (χ3v) is 2.65. The second-order valence-electron chi connectivity index (χ2n) is 2.87. The smallest absolute Gasteiger partial charge is 0.315 e. The van der Waals surface area contributed by atoms with E-state index >= 15 is 0 Å². The molecule has 1 rings (SSSR count). The molecule has 0 aromatic rings. The fraction of sp³-hybridized carbons (Fsp3) is 0.500. The quantitative estimate of drug-likeness (QED) is 0.647. The summed E-state index contributed by atoms with van der Waals surface area (Å²) in [4.78, 5) is 34.3. The van der Waals surface area contributed by atoms with Crippen molar-refractivity contribution in [1.82, 2.24) is 15.5 Å². The van der Waals surface area contributed by atoms with Gasteiger partial charge in [0.25, 0.3) is 5.24 Å². The Morgan fingerprint density at radius 2 is 2.25 bits per heavy atom. The summed E-state index contributed by atoms with van der Waals surface area (Å²) >= 11 is 0.952. The molecule has 1 heterocycles. The van der Waals surface area contributed by atoms with Crippen molar-refractivity contribution in [3.05, 3.63) is 0 Å². The highest BCUT2D eigenvalue weighted by molar-refractivity contribution is 8.14. The highest BCUT2D eigenvalue weighted by atomic mass is 32.2. The van der Waals surface area contributed by atoms with Crippen molar-refractivity contribution >= 4 is 28.9 Å². The fourth-order valence-electron chi connectivity index (χ4n) is 1.06. The van der Waals surface area contributed by atoms with E-state index in [0.29, 0.717) is 0 Å². The molecule has 1 aliphatic heterocycles. The maximum Gasteiger partial charge on any atom is 0.315 e. The third-order valence-electron chi connectivity index (χ3n) is 1.79. The Balaban J connectivity index is 2.20. The van der Waals surface area contributed by atoms with E-state index in [9.17, 15) is 14.4 Å². The minimum atomic E-state index is -0.492. The maximum atomic E-state index is 11.1. The van der Waals surface area contributed by atoms with E-state index < -0.39 is 6.03 Å². The molecule has 7 nitrogen and oxygen atoms in total. The van der Waals surface area contributed by atoms with E-state index in [1.54, 1.807) is 6.07 Å². The molecule has 8 heteroatoms. The monoisotopic (exact) mass is 242 g/mol. The van der Waals surface area contributed by atoms with Crippen LogP contribution < -0.4 is 10.6 Å². The highest BCUT2D eigenvalue weighted by Crippen LogP contribution is 2.17. The van der Waals surface area contributed by atoms with Gasteiger partial charge in [0.05, 0.1) is 11.8 Å². The molecule has 86 valence electrons. The van der Waals surface area contributed by atoms with Gasteiger partial charge in [-0.15, -0.1) is 0 Å². The standard InChI is InChI=1S/C8H10N4O3S/c9-1-2-10-7(14)11-3-4-12-6(13)5-16-8(12)15/h2-5H2,(H2,10,11,14). The zero-order valence-corrected chi connectivity index (χ0v) is 9.17. The van der Waals surface area contributed by atoms with Gasteiger partial charge in [-0.05, 0) is 0 Å². The molecule has 0 radical (unpaired) electrons. The van der Waals surface area contributed by atoms with Gasteiger partial charge in [-0.1, -0.05) is 11.8 Å². The zero-order valence-electron chi connectivity index (χ0n) is 8.36. The second kappa shape index (κ2) is 5.97. The number of urea groups is 1. The van der Waals surface area contributed by atoms with Gasteiger partial charge in [0.2, 0.25) is 5.91 Å². The Bertz CT molecular complexity index is 336. The highest BCUT2D eigenvalue weighted by Gasteiger charge is 2.29. The summed E-state index contributed by atoms with van der Waals surface area (Å²) in [6.45, 7) is 0.253. The Labute approximate surface area is 96.1 Å². The van der Waals surface area contributed by atoms with Crippen LogP contribution in [-0.4, -0.2) is 47.5 Å². The van der Waals surface area contributed by atoms with E-state index in [2.05, 4.69) is 10.6 Å². The number of hydrogen-bond acceptors (Lipinski definition) is 5. The molecule has 0 atom stereocenters. The van der Waals surface area contributed by atoms with Crippen LogP contribution in [0.2, 0.25) is 0 Å². The van der Waals surface area contributed by atoms with Gasteiger partial charge in [-0.25, -0.2) is 4.79 Å². The number of hydrogen-bond donors (Lipinski definition) is 2. The summed E-state index contributed by atoms with van der Waals surface area (Å²) in [5.41, 5.74) is 0. The van der Waals surface area contributed by atoms with Gasteiger partial charge in [0.1, 0.15) is 6.54 Å². The summed E-state index contributed by atoms with van der Waals surface area (Å²) in [7, 11) is 0. The SMILES string of the molecule is N#CCNC(=O)NCCN1C(=O)CSC1=O. The molecule has 4 amide bonds. The molecule has 0 aromatic carbocycles. The largest absolute Gasteiger partial charge is 0.336 e. The lowest BCUT2D eigenvalue weighted by molar-refractivity contribution is -0.124. The molecule has 1 fully saturated rings. The molecule has 0 saturated carbocycles. The maximum absolute atomic E-state index is 11.1. The van der Waals surface area contributed by atoms with E-state index in [1.165, 1.54) is 0 Å². The average Bonchev–Trinajstić information content (AvgIpc) is 2.57. The minimum Gasteiger partial charge on any atom is -0.336 e. The predicted octanol–water partition coefficient (Wildman–Crippen LogP) is -0.495. The first-order valence-electron chi connectivity index (χ1n) is 4.51. The van der Waals surface area contributed by atoms with Gasteiger partial charge < -0.3 is 10.6 Å². The molecule has 0 spiro atoms. The van der Waals surface area contributed by atoms with E-state index in [4.69, 9.17) is 5.26 Å². The van der Waals surface area contributed by atoms with Crippen molar-refractivity contribution < 1.29 is 14.4 Å². The van der Waals surface area contributed by atoms with Crippen LogP contribution in [0.4, 0.5) is 9.59 Å². The van der Waals surface area contributed by atoms with Crippen LogP contribution in [-0.2, 0) is 4.79 Å². The summed E-state index contributed by atoms with van der Waals surface area (Å²) in [5, 5.41) is 12.6. The van der Waals surface area contributed by atoms with Crippen LogP contribution in [0.5, 0.6) is 0 Å². The van der Waals surface area contributed by atoms with Crippen molar-refractivity contribution in [3.63, 3.8) is 0 Å². The molecule has 0 unspecified atom stereocenters. The Morgan fingerprint density at radius 3 is 2.81 bits per heavy atom. The molecule has 0 aliphatic carbocycles. The molecule has 0 aromatic heterocycles. The Kier molecular flexibility index (Phi) is 4.60. The lowest BCUT2D eigenvalue weighted by Crippen LogP contribution is -2.41. The van der Waals surface area contributed by atoms with E-state index in [0.717, 1.165) is 16.7 Å². The lowest BCUT2D eigenvalue weighted by atomic mass is 10.5. The fourth-order valence-corrected chi connectivity index (χ4v) is 1.81.